The van der Waals surface area contributed by atoms with Crippen molar-refractivity contribution >= 4 is 0 Å². The molecule has 0 amide bonds. The first-order valence-electron chi connectivity index (χ1n) is 6.17. The molecule has 0 aromatic heterocycles. The van der Waals surface area contributed by atoms with Crippen LogP contribution in [0.4, 0.5) is 0 Å². The summed E-state index contributed by atoms with van der Waals surface area (Å²) in [5.41, 5.74) is 3.13. The van der Waals surface area contributed by atoms with Crippen molar-refractivity contribution in [3.8, 4) is 0 Å². The highest BCUT2D eigenvalue weighted by Crippen LogP contribution is 2.22. The van der Waals surface area contributed by atoms with Gasteiger partial charge in [0.1, 0.15) is 0 Å². The van der Waals surface area contributed by atoms with E-state index in [1.54, 1.807) is 5.57 Å². The fraction of sp³-hybridized carbons (Fsp3) is 0.467. The van der Waals surface area contributed by atoms with E-state index in [2.05, 4.69) is 36.4 Å². The second-order valence-corrected chi connectivity index (χ2v) is 4.47. The van der Waals surface area contributed by atoms with Crippen LogP contribution in [-0.2, 0) is 6.42 Å². The Bertz CT molecular complexity index is 298. The topological polar surface area (TPSA) is 0 Å². The van der Waals surface area contributed by atoms with Gasteiger partial charge < -0.3 is 0 Å². The summed E-state index contributed by atoms with van der Waals surface area (Å²) in [5.74, 6) is 0. The second-order valence-electron chi connectivity index (χ2n) is 4.47. The molecule has 0 nitrogen and oxygen atoms in total. The van der Waals surface area contributed by atoms with E-state index in [4.69, 9.17) is 0 Å². The summed E-state index contributed by atoms with van der Waals surface area (Å²) in [6.07, 6.45) is 11.9. The molecule has 0 heteroatoms. The summed E-state index contributed by atoms with van der Waals surface area (Å²) in [6, 6.07) is 10.8. The zero-order chi connectivity index (χ0) is 10.3. The van der Waals surface area contributed by atoms with Crippen LogP contribution >= 0.6 is 0 Å². The van der Waals surface area contributed by atoms with Gasteiger partial charge in [0.2, 0.25) is 0 Å². The Morgan fingerprint density at radius 2 is 1.53 bits per heavy atom. The summed E-state index contributed by atoms with van der Waals surface area (Å²) in [5, 5.41) is 0. The summed E-state index contributed by atoms with van der Waals surface area (Å²) >= 11 is 0. The Labute approximate surface area is 93.0 Å². The van der Waals surface area contributed by atoms with Crippen molar-refractivity contribution in [1.29, 1.82) is 0 Å². The minimum atomic E-state index is 1.12. The number of benzene rings is 1. The number of hydrogen-bond acceptors (Lipinski definition) is 0. The van der Waals surface area contributed by atoms with Gasteiger partial charge in [0.05, 0.1) is 0 Å². The molecule has 0 atom stereocenters. The van der Waals surface area contributed by atoms with Crippen LogP contribution in [-0.4, -0.2) is 0 Å². The summed E-state index contributed by atoms with van der Waals surface area (Å²) in [6.45, 7) is 0. The fourth-order valence-corrected chi connectivity index (χ4v) is 2.26. The van der Waals surface area contributed by atoms with Gasteiger partial charge in [-0.15, -0.1) is 0 Å². The lowest BCUT2D eigenvalue weighted by atomic mass is 10.0. The van der Waals surface area contributed by atoms with Crippen molar-refractivity contribution in [2.75, 3.05) is 0 Å². The molecule has 0 unspecified atom stereocenters. The first-order chi connectivity index (χ1) is 7.45. The van der Waals surface area contributed by atoms with E-state index >= 15 is 0 Å². The minimum Gasteiger partial charge on any atom is -0.0809 e. The summed E-state index contributed by atoms with van der Waals surface area (Å²) in [4.78, 5) is 0. The zero-order valence-electron chi connectivity index (χ0n) is 9.41. The highest BCUT2D eigenvalue weighted by atomic mass is 14.1. The molecule has 0 saturated heterocycles. The Kier molecular flexibility index (Phi) is 4.01. The van der Waals surface area contributed by atoms with Crippen molar-refractivity contribution in [2.45, 2.75) is 44.9 Å². The number of allylic oxidation sites excluding steroid dienone is 2. The van der Waals surface area contributed by atoms with Crippen molar-refractivity contribution in [1.82, 2.24) is 0 Å². The molecule has 0 bridgehead atoms. The molecule has 2 rings (SSSR count). The molecular weight excluding hydrogens is 180 g/mol. The summed E-state index contributed by atoms with van der Waals surface area (Å²) < 4.78 is 0. The molecule has 80 valence electrons. The second kappa shape index (κ2) is 5.75. The van der Waals surface area contributed by atoms with Gasteiger partial charge in [-0.1, -0.05) is 54.8 Å². The molecule has 0 aliphatic heterocycles. The Hall–Kier alpha value is -1.04. The van der Waals surface area contributed by atoms with Crippen molar-refractivity contribution in [2.24, 2.45) is 0 Å². The van der Waals surface area contributed by atoms with Crippen LogP contribution in [0.5, 0.6) is 0 Å². The van der Waals surface area contributed by atoms with Crippen LogP contribution in [0.3, 0.4) is 0 Å². The molecule has 1 saturated carbocycles. The average molecular weight is 200 g/mol. The predicted molar refractivity (Wildman–Crippen MR) is 65.9 cm³/mol. The molecule has 0 N–H and O–H groups in total. The molecule has 0 radical (unpaired) electrons. The lowest BCUT2D eigenvalue weighted by molar-refractivity contribution is 0.702. The molecule has 0 heterocycles. The monoisotopic (exact) mass is 200 g/mol. The van der Waals surface area contributed by atoms with Crippen LogP contribution in [0.25, 0.3) is 0 Å². The fourth-order valence-electron chi connectivity index (χ4n) is 2.26. The Balaban J connectivity index is 1.92. The normalized spacial score (nSPS) is 17.2. The zero-order valence-corrected chi connectivity index (χ0v) is 9.41. The smallest absolute Gasteiger partial charge is 0.00948 e. The van der Waals surface area contributed by atoms with Crippen molar-refractivity contribution in [3.63, 3.8) is 0 Å². The molecule has 1 aromatic rings. The van der Waals surface area contributed by atoms with Crippen LogP contribution in [0.15, 0.2) is 42.0 Å². The Morgan fingerprint density at radius 1 is 0.867 bits per heavy atom. The number of hydrogen-bond donors (Lipinski definition) is 0. The van der Waals surface area contributed by atoms with Crippen LogP contribution < -0.4 is 0 Å². The molecule has 0 spiro atoms. The molecule has 1 fully saturated rings. The van der Waals surface area contributed by atoms with Crippen LogP contribution in [0, 0.1) is 0 Å². The van der Waals surface area contributed by atoms with E-state index in [0.717, 1.165) is 6.42 Å². The standard InChI is InChI=1S/C15H20/c1-2-5-9-14(8-4-1)12-13-15-10-6-3-7-11-15/h3,6-7,10-12H,1-2,4-5,8-9,13H2. The molecule has 1 aromatic carbocycles. The molecule has 15 heavy (non-hydrogen) atoms. The molecule has 1 aliphatic rings. The van der Waals surface area contributed by atoms with Gasteiger partial charge in [-0.2, -0.15) is 0 Å². The van der Waals surface area contributed by atoms with Gasteiger partial charge in [-0.05, 0) is 37.7 Å². The quantitative estimate of drug-likeness (QED) is 0.486. The highest BCUT2D eigenvalue weighted by Gasteiger charge is 2.03. The maximum atomic E-state index is 2.46. The first-order valence-corrected chi connectivity index (χ1v) is 6.17. The van der Waals surface area contributed by atoms with Gasteiger partial charge in [0.15, 0.2) is 0 Å². The van der Waals surface area contributed by atoms with Crippen molar-refractivity contribution < 1.29 is 0 Å². The third-order valence-corrected chi connectivity index (χ3v) is 3.22. The van der Waals surface area contributed by atoms with Crippen LogP contribution in [0.1, 0.15) is 44.1 Å². The van der Waals surface area contributed by atoms with E-state index in [1.807, 2.05) is 0 Å². The van der Waals surface area contributed by atoms with Gasteiger partial charge in [0.25, 0.3) is 0 Å². The van der Waals surface area contributed by atoms with Gasteiger partial charge in [-0.3, -0.25) is 0 Å². The lowest BCUT2D eigenvalue weighted by Crippen LogP contribution is -1.85. The maximum Gasteiger partial charge on any atom is -0.00948 e. The minimum absolute atomic E-state index is 1.12. The van der Waals surface area contributed by atoms with E-state index in [0.29, 0.717) is 0 Å². The van der Waals surface area contributed by atoms with Crippen molar-refractivity contribution in [3.05, 3.63) is 47.5 Å². The highest BCUT2D eigenvalue weighted by molar-refractivity contribution is 5.19. The Morgan fingerprint density at radius 3 is 2.20 bits per heavy atom. The van der Waals surface area contributed by atoms with E-state index in [1.165, 1.54) is 44.1 Å². The molecule has 1 aliphatic carbocycles. The average Bonchev–Trinajstić information content (AvgIpc) is 2.56. The SMILES string of the molecule is C(Cc1ccccc1)=C1CCCCCC1. The first kappa shape index (κ1) is 10.5. The van der Waals surface area contributed by atoms with Crippen LogP contribution in [0.2, 0.25) is 0 Å². The maximum absolute atomic E-state index is 2.46. The third-order valence-electron chi connectivity index (χ3n) is 3.22. The van der Waals surface area contributed by atoms with Gasteiger partial charge in [0, 0.05) is 0 Å². The number of rotatable bonds is 2. The van der Waals surface area contributed by atoms with E-state index < -0.39 is 0 Å². The predicted octanol–water partition coefficient (Wildman–Crippen LogP) is 4.51. The lowest BCUT2D eigenvalue weighted by Gasteiger charge is -2.02. The largest absolute Gasteiger partial charge is 0.0809 e. The van der Waals surface area contributed by atoms with Gasteiger partial charge >= 0.3 is 0 Å². The third kappa shape index (κ3) is 3.54. The molecular formula is C15H20. The van der Waals surface area contributed by atoms with E-state index in [-0.39, 0.29) is 0 Å². The van der Waals surface area contributed by atoms with Gasteiger partial charge in [-0.25, -0.2) is 0 Å². The summed E-state index contributed by atoms with van der Waals surface area (Å²) in [7, 11) is 0. The van der Waals surface area contributed by atoms with E-state index in [9.17, 15) is 0 Å².